The van der Waals surface area contributed by atoms with Crippen LogP contribution in [0.1, 0.15) is 11.6 Å². The highest BCUT2D eigenvalue weighted by Crippen LogP contribution is 1.99. The van der Waals surface area contributed by atoms with Crippen molar-refractivity contribution in [2.45, 2.75) is 13.8 Å². The van der Waals surface area contributed by atoms with Crippen LogP contribution in [0.15, 0.2) is 52.1 Å². The maximum absolute atomic E-state index is 10.6. The Kier molecular flexibility index (Phi) is 17.9. The van der Waals surface area contributed by atoms with E-state index in [4.69, 9.17) is 0 Å². The fraction of sp³-hybridized carbons (Fsp3) is 0.391. The van der Waals surface area contributed by atoms with Gasteiger partial charge in [0.2, 0.25) is 11.8 Å². The Labute approximate surface area is 304 Å². The molecule has 7 heterocycles. The van der Waals surface area contributed by atoms with Gasteiger partial charge in [0.05, 0.1) is 6.54 Å². The van der Waals surface area contributed by atoms with Crippen molar-refractivity contribution in [2.75, 3.05) is 27.2 Å². The van der Waals surface area contributed by atoms with Crippen LogP contribution in [0, 0.1) is 13.8 Å². The molecule has 0 saturated carbocycles. The largest absolute Gasteiger partial charge is 0.438 e. The Bertz CT molecular complexity index is 2330. The van der Waals surface area contributed by atoms with Crippen molar-refractivity contribution in [1.82, 2.24) is 83.0 Å². The zero-order valence-electron chi connectivity index (χ0n) is 29.3. The van der Waals surface area contributed by atoms with Crippen LogP contribution >= 0.6 is 11.5 Å². The van der Waals surface area contributed by atoms with Gasteiger partial charge in [-0.1, -0.05) is 5.16 Å². The number of nitrogens with zero attached hydrogens (tertiary/aromatic N) is 10. The fourth-order valence-corrected chi connectivity index (χ4v) is 3.97. The molecule has 2 fully saturated rings. The van der Waals surface area contributed by atoms with E-state index in [1.807, 2.05) is 4.98 Å². The Balaban J connectivity index is 0.000000316. The van der Waals surface area contributed by atoms with Crippen LogP contribution in [0.5, 0.6) is 0 Å². The third-order valence-corrected chi connectivity index (χ3v) is 7.46. The number of urea groups is 1. The van der Waals surface area contributed by atoms with Gasteiger partial charge in [-0.3, -0.25) is 53.5 Å². The lowest BCUT2D eigenvalue weighted by atomic mass is 10.6. The van der Waals surface area contributed by atoms with E-state index >= 15 is 0 Å². The lowest BCUT2D eigenvalue weighted by Gasteiger charge is -2.00. The van der Waals surface area contributed by atoms with E-state index in [2.05, 4.69) is 54.7 Å². The van der Waals surface area contributed by atoms with Crippen LogP contribution in [0.3, 0.4) is 0 Å². The van der Waals surface area contributed by atoms with Crippen molar-refractivity contribution in [3.05, 3.63) is 92.5 Å². The van der Waals surface area contributed by atoms with Crippen molar-refractivity contribution in [2.24, 2.45) is 21.1 Å². The fourth-order valence-electron chi connectivity index (χ4n) is 2.72. The maximum Gasteiger partial charge on any atom is 0.438 e. The van der Waals surface area contributed by atoms with E-state index < -0.39 is 33.1 Å². The first-order valence-corrected chi connectivity index (χ1v) is 16.4. The van der Waals surface area contributed by atoms with Crippen molar-refractivity contribution in [3.8, 4) is 0 Å². The summed E-state index contributed by atoms with van der Waals surface area (Å²) in [6.45, 7) is 3.52. The predicted molar refractivity (Wildman–Crippen MR) is 183 cm³/mol. The molecule has 2 aliphatic heterocycles. The third kappa shape index (κ3) is 17.4. The van der Waals surface area contributed by atoms with Gasteiger partial charge in [0.15, 0.2) is 0 Å². The first kappa shape index (κ1) is 45.1. The molecular weight excluding hydrogens is 770 g/mol. The standard InChI is InChI=1S/C4H5N3O2.C4H6N2O2.2C3H5N3O.C3H6N2O3S.C3H4N2O2.C3H4N2OS/c1-7-4(9)6-3(8)2-5-7;1-6-2-3(7)5-4(6)8;1-6-2-4-5-3(6)7;1-6-3(7)4-2-5-6;1-5-2-3(6)4-9(5,7)8;2*1-2-4-3(6)7-5-2/h2H,1H3,(H,6,8,9);2H2,1H3,(H,5,7,8);2H,1H3,(H,5,7);2H,1H3,(H,4,5,7);2H2,1H3,(H,4,6);2*1H3,(H,4,5,6). The number of rotatable bonds is 0. The molecule has 7 rings (SSSR count). The summed E-state index contributed by atoms with van der Waals surface area (Å²) in [7, 11) is 4.14. The van der Waals surface area contributed by atoms with Gasteiger partial charge in [0.25, 0.3) is 5.56 Å². The number of carbonyl (C=O) groups excluding carboxylic acids is 3. The normalized spacial score (nSPS) is 13.6. The molecule has 0 spiro atoms. The monoisotopic (exact) mass is 805 g/mol. The number of aromatic nitrogens is 13. The Morgan fingerprint density at radius 2 is 1.43 bits per heavy atom. The van der Waals surface area contributed by atoms with E-state index in [9.17, 15) is 51.6 Å². The van der Waals surface area contributed by atoms with Crippen LogP contribution in [0.2, 0.25) is 0 Å². The molecule has 0 bridgehead atoms. The molecule has 2 saturated heterocycles. The SMILES string of the molecule is CN1CC(=O)NC1=O.CN1CC(=O)NS1(=O)=O.Cc1noc(=O)[nH]1.Cc1nsc(=O)[nH]1.Cn1cn[nH]c1=O.Cn1nc[nH]c1=O.Cn1ncc(=O)[nH]c1=O. The van der Waals surface area contributed by atoms with Crippen molar-refractivity contribution in [1.29, 1.82) is 0 Å². The van der Waals surface area contributed by atoms with Gasteiger partial charge in [-0.15, -0.1) is 0 Å². The molecular formula is C23H35N17O12S2. The van der Waals surface area contributed by atoms with Gasteiger partial charge in [-0.25, -0.2) is 43.2 Å². The summed E-state index contributed by atoms with van der Waals surface area (Å²) in [6, 6.07) is -0.310. The van der Waals surface area contributed by atoms with Crippen molar-refractivity contribution < 1.29 is 27.3 Å². The van der Waals surface area contributed by atoms with E-state index in [1.54, 1.807) is 39.7 Å². The van der Waals surface area contributed by atoms with Crippen LogP contribution in [-0.4, -0.2) is 126 Å². The second kappa shape index (κ2) is 21.5. The molecule has 0 atom stereocenters. The zero-order valence-corrected chi connectivity index (χ0v) is 31.0. The van der Waals surface area contributed by atoms with Crippen molar-refractivity contribution >= 4 is 39.6 Å². The summed E-state index contributed by atoms with van der Waals surface area (Å²) < 4.78 is 35.3. The minimum absolute atomic E-state index is 0.0671. The summed E-state index contributed by atoms with van der Waals surface area (Å²) in [5.41, 5.74) is -1.33. The summed E-state index contributed by atoms with van der Waals surface area (Å²) in [6.07, 6.45) is 3.81. The highest BCUT2D eigenvalue weighted by Gasteiger charge is 2.29. The highest BCUT2D eigenvalue weighted by atomic mass is 32.2. The molecule has 54 heavy (non-hydrogen) atoms. The second-order valence-corrected chi connectivity index (χ2v) is 12.4. The van der Waals surface area contributed by atoms with Crippen LogP contribution in [0.4, 0.5) is 4.79 Å². The summed E-state index contributed by atoms with van der Waals surface area (Å²) in [5.74, 6) is -0.00694. The quantitative estimate of drug-likeness (QED) is 0.0716. The number of nitrogens with one attached hydrogen (secondary N) is 7. The summed E-state index contributed by atoms with van der Waals surface area (Å²) in [5, 5.41) is 18.1. The lowest BCUT2D eigenvalue weighted by molar-refractivity contribution is -0.119. The average molecular weight is 806 g/mol. The van der Waals surface area contributed by atoms with Crippen LogP contribution in [-0.2, 0) is 40.9 Å². The molecule has 29 nitrogen and oxygen atoms in total. The second-order valence-electron chi connectivity index (χ2n) is 9.91. The van der Waals surface area contributed by atoms with E-state index in [0.717, 1.165) is 26.7 Å². The molecule has 5 aromatic heterocycles. The van der Waals surface area contributed by atoms with Crippen LogP contribution in [0.25, 0.3) is 0 Å². The predicted octanol–water partition coefficient (Wildman–Crippen LogP) is -6.04. The van der Waals surface area contributed by atoms with Gasteiger partial charge in [0.1, 0.15) is 37.0 Å². The number of hydrogen-bond donors (Lipinski definition) is 7. The van der Waals surface area contributed by atoms with E-state index in [1.165, 1.54) is 40.9 Å². The van der Waals surface area contributed by atoms with Gasteiger partial charge in [-0.2, -0.15) is 32.4 Å². The maximum atomic E-state index is 10.6. The third-order valence-electron chi connectivity index (χ3n) is 5.39. The first-order valence-electron chi connectivity index (χ1n) is 14.2. The number of amides is 4. The molecule has 0 aliphatic carbocycles. The smallest absolute Gasteiger partial charge is 0.318 e. The minimum atomic E-state index is -3.44. The molecule has 5 aromatic rings. The van der Waals surface area contributed by atoms with Gasteiger partial charge in [0, 0.05) is 46.8 Å². The number of imide groups is 1. The number of aryl methyl sites for hydroxylation is 5. The molecule has 7 N–H and O–H groups in total. The highest BCUT2D eigenvalue weighted by molar-refractivity contribution is 7.88. The van der Waals surface area contributed by atoms with Crippen molar-refractivity contribution in [3.63, 3.8) is 0 Å². The summed E-state index contributed by atoms with van der Waals surface area (Å²) >= 11 is 0.943. The Morgan fingerprint density at radius 3 is 1.61 bits per heavy atom. The zero-order chi connectivity index (χ0) is 41.2. The van der Waals surface area contributed by atoms with Gasteiger partial charge < -0.3 is 4.90 Å². The van der Waals surface area contributed by atoms with E-state index in [-0.39, 0.29) is 41.3 Å². The van der Waals surface area contributed by atoms with Gasteiger partial charge in [-0.05, 0) is 13.8 Å². The van der Waals surface area contributed by atoms with E-state index in [0.29, 0.717) is 11.6 Å². The van der Waals surface area contributed by atoms with Crippen LogP contribution < -0.4 is 43.3 Å². The van der Waals surface area contributed by atoms with Gasteiger partial charge >= 0.3 is 43.9 Å². The summed E-state index contributed by atoms with van der Waals surface area (Å²) in [4.78, 5) is 103. The molecule has 31 heteroatoms. The number of aromatic amines is 5. The Morgan fingerprint density at radius 1 is 0.778 bits per heavy atom. The molecule has 4 amide bonds. The molecule has 0 unspecified atom stereocenters. The number of likely N-dealkylation sites (N-methyl/N-ethyl adjacent to an activating group) is 2. The number of hydrogen-bond acceptors (Lipinski definition) is 18. The lowest BCUT2D eigenvalue weighted by Crippen LogP contribution is -2.29. The number of carbonyl (C=O) groups is 3. The average Bonchev–Trinajstić information content (AvgIpc) is 3.93. The Hall–Kier alpha value is -6.89. The molecule has 296 valence electrons. The molecule has 0 aromatic carbocycles. The number of H-pyrrole nitrogens is 5. The molecule has 0 radical (unpaired) electrons. The first-order chi connectivity index (χ1) is 25.1. The molecule has 2 aliphatic rings. The topological polar surface area (TPSA) is 390 Å². The minimum Gasteiger partial charge on any atom is -0.318 e.